The van der Waals surface area contributed by atoms with Gasteiger partial charge in [0.2, 0.25) is 0 Å². The second kappa shape index (κ2) is 7.62. The SMILES string of the molecule is CC1(C)c2ccccc2-c2cc3c(cc21)c1ccccc1n3-c1nc2ccccc2c[n+]1-c1ccccc1. The Morgan fingerprint density at radius 3 is 2.26 bits per heavy atom. The zero-order valence-electron chi connectivity index (χ0n) is 21.4. The van der Waals surface area contributed by atoms with Crippen molar-refractivity contribution in [3.63, 3.8) is 0 Å². The number of hydrogen-bond donors (Lipinski definition) is 0. The van der Waals surface area contributed by atoms with E-state index in [9.17, 15) is 0 Å². The van der Waals surface area contributed by atoms with E-state index in [1.54, 1.807) is 0 Å². The highest BCUT2D eigenvalue weighted by Gasteiger charge is 2.37. The smallest absolute Gasteiger partial charge is 0.201 e. The number of aromatic nitrogens is 3. The molecule has 0 amide bonds. The second-order valence-electron chi connectivity index (χ2n) is 10.7. The van der Waals surface area contributed by atoms with Crippen LogP contribution in [-0.4, -0.2) is 9.55 Å². The van der Waals surface area contributed by atoms with Crippen molar-refractivity contribution in [1.82, 2.24) is 9.55 Å². The lowest BCUT2D eigenvalue weighted by atomic mass is 9.82. The van der Waals surface area contributed by atoms with Crippen LogP contribution in [0.5, 0.6) is 0 Å². The molecular weight excluding hydrogens is 462 g/mol. The Bertz CT molecular complexity index is 2050. The molecule has 0 spiro atoms. The largest absolute Gasteiger partial charge is 0.409 e. The molecular formula is C35H26N3+. The van der Waals surface area contributed by atoms with Crippen molar-refractivity contribution in [2.75, 3.05) is 0 Å². The number of fused-ring (bicyclic) bond motifs is 7. The van der Waals surface area contributed by atoms with Crippen LogP contribution in [0.25, 0.3) is 55.5 Å². The number of rotatable bonds is 2. The average Bonchev–Trinajstić information content (AvgIpc) is 3.40. The summed E-state index contributed by atoms with van der Waals surface area (Å²) in [6.45, 7) is 4.69. The molecule has 180 valence electrons. The molecule has 0 aliphatic heterocycles. The quantitative estimate of drug-likeness (QED) is 0.227. The molecule has 0 atom stereocenters. The van der Waals surface area contributed by atoms with Crippen molar-refractivity contribution in [3.8, 4) is 22.8 Å². The summed E-state index contributed by atoms with van der Waals surface area (Å²) < 4.78 is 4.57. The summed E-state index contributed by atoms with van der Waals surface area (Å²) in [7, 11) is 0. The molecule has 2 heterocycles. The fourth-order valence-electron chi connectivity index (χ4n) is 6.37. The molecule has 1 aliphatic carbocycles. The van der Waals surface area contributed by atoms with Gasteiger partial charge in [0.05, 0.1) is 6.20 Å². The van der Waals surface area contributed by atoms with E-state index >= 15 is 0 Å². The van der Waals surface area contributed by atoms with Gasteiger partial charge in [-0.15, -0.1) is 0 Å². The van der Waals surface area contributed by atoms with Gasteiger partial charge >= 0.3 is 5.95 Å². The lowest BCUT2D eigenvalue weighted by Gasteiger charge is -2.21. The molecule has 8 rings (SSSR count). The zero-order valence-corrected chi connectivity index (χ0v) is 21.4. The van der Waals surface area contributed by atoms with Crippen molar-refractivity contribution in [2.45, 2.75) is 19.3 Å². The van der Waals surface area contributed by atoms with Crippen LogP contribution in [0.2, 0.25) is 0 Å². The van der Waals surface area contributed by atoms with E-state index < -0.39 is 0 Å². The molecule has 0 fully saturated rings. The minimum Gasteiger partial charge on any atom is -0.201 e. The number of hydrogen-bond acceptors (Lipinski definition) is 1. The molecule has 3 nitrogen and oxygen atoms in total. The first-order valence-electron chi connectivity index (χ1n) is 13.2. The van der Waals surface area contributed by atoms with E-state index in [0.29, 0.717) is 0 Å². The molecule has 0 bridgehead atoms. The van der Waals surface area contributed by atoms with Crippen LogP contribution in [-0.2, 0) is 5.41 Å². The minimum absolute atomic E-state index is 0.0472. The van der Waals surface area contributed by atoms with Crippen molar-refractivity contribution in [3.05, 3.63) is 133 Å². The molecule has 3 heteroatoms. The molecule has 0 saturated carbocycles. The summed E-state index contributed by atoms with van der Waals surface area (Å²) >= 11 is 0. The Morgan fingerprint density at radius 2 is 1.37 bits per heavy atom. The first-order chi connectivity index (χ1) is 18.6. The monoisotopic (exact) mass is 488 g/mol. The summed E-state index contributed by atoms with van der Waals surface area (Å²) in [6, 6.07) is 41.2. The molecule has 1 aliphatic rings. The van der Waals surface area contributed by atoms with Gasteiger partial charge in [0, 0.05) is 21.6 Å². The fraction of sp³-hybridized carbons (Fsp3) is 0.0857. The highest BCUT2D eigenvalue weighted by Crippen LogP contribution is 2.50. The van der Waals surface area contributed by atoms with E-state index in [1.165, 1.54) is 38.5 Å². The van der Waals surface area contributed by atoms with E-state index in [4.69, 9.17) is 4.98 Å². The van der Waals surface area contributed by atoms with Gasteiger partial charge < -0.3 is 0 Å². The van der Waals surface area contributed by atoms with E-state index in [0.717, 1.165) is 28.1 Å². The highest BCUT2D eigenvalue weighted by molar-refractivity contribution is 6.11. The third kappa shape index (κ3) is 2.84. The van der Waals surface area contributed by atoms with Crippen molar-refractivity contribution in [2.24, 2.45) is 0 Å². The zero-order chi connectivity index (χ0) is 25.4. The highest BCUT2D eigenvalue weighted by atomic mass is 15.2. The summed E-state index contributed by atoms with van der Waals surface area (Å²) in [5.41, 5.74) is 9.76. The molecule has 0 radical (unpaired) electrons. The van der Waals surface area contributed by atoms with Gasteiger partial charge in [0.1, 0.15) is 16.7 Å². The van der Waals surface area contributed by atoms with E-state index in [2.05, 4.69) is 144 Å². The lowest BCUT2D eigenvalue weighted by Crippen LogP contribution is -2.37. The molecule has 5 aromatic carbocycles. The van der Waals surface area contributed by atoms with Gasteiger partial charge in [-0.3, -0.25) is 0 Å². The molecule has 0 N–H and O–H groups in total. The molecule has 7 aromatic rings. The van der Waals surface area contributed by atoms with Crippen LogP contribution in [0, 0.1) is 0 Å². The minimum atomic E-state index is -0.0472. The van der Waals surface area contributed by atoms with Crippen molar-refractivity contribution >= 4 is 32.7 Å². The maximum absolute atomic E-state index is 5.29. The fourth-order valence-corrected chi connectivity index (χ4v) is 6.37. The molecule has 0 unspecified atom stereocenters. The van der Waals surface area contributed by atoms with Crippen molar-refractivity contribution in [1.29, 1.82) is 0 Å². The van der Waals surface area contributed by atoms with Crippen LogP contribution < -0.4 is 4.57 Å². The van der Waals surface area contributed by atoms with Gasteiger partial charge in [-0.1, -0.05) is 91.6 Å². The summed E-state index contributed by atoms with van der Waals surface area (Å²) in [5.74, 6) is 0.881. The van der Waals surface area contributed by atoms with Gasteiger partial charge in [-0.05, 0) is 64.7 Å². The Hall–Kier alpha value is -4.76. The number of nitrogens with zero attached hydrogens (tertiary/aromatic N) is 3. The summed E-state index contributed by atoms with van der Waals surface area (Å²) in [6.07, 6.45) is 2.21. The maximum atomic E-state index is 5.29. The Labute approximate surface area is 221 Å². The van der Waals surface area contributed by atoms with Gasteiger partial charge in [-0.2, -0.15) is 4.57 Å². The first-order valence-corrected chi connectivity index (χ1v) is 13.2. The predicted molar refractivity (Wildman–Crippen MR) is 155 cm³/mol. The van der Waals surface area contributed by atoms with Gasteiger partial charge in [-0.25, -0.2) is 4.57 Å². The topological polar surface area (TPSA) is 21.7 Å². The van der Waals surface area contributed by atoms with Crippen LogP contribution >= 0.6 is 0 Å². The third-order valence-corrected chi connectivity index (χ3v) is 8.25. The Morgan fingerprint density at radius 1 is 0.632 bits per heavy atom. The molecule has 38 heavy (non-hydrogen) atoms. The third-order valence-electron chi connectivity index (χ3n) is 8.25. The van der Waals surface area contributed by atoms with Crippen LogP contribution in [0.15, 0.2) is 121 Å². The van der Waals surface area contributed by atoms with E-state index in [-0.39, 0.29) is 5.41 Å². The lowest BCUT2D eigenvalue weighted by molar-refractivity contribution is -0.591. The Balaban J connectivity index is 1.54. The number of benzene rings is 5. The Kier molecular flexibility index (Phi) is 4.28. The summed E-state index contributed by atoms with van der Waals surface area (Å²) in [5, 5.41) is 3.61. The van der Waals surface area contributed by atoms with Gasteiger partial charge in [0.25, 0.3) is 0 Å². The number of para-hydroxylation sites is 3. The van der Waals surface area contributed by atoms with E-state index in [1.807, 2.05) is 0 Å². The first kappa shape index (κ1) is 21.3. The van der Waals surface area contributed by atoms with Crippen LogP contribution in [0.4, 0.5) is 0 Å². The van der Waals surface area contributed by atoms with Crippen molar-refractivity contribution < 1.29 is 4.57 Å². The molecule has 0 saturated heterocycles. The standard InChI is InChI=1S/C35H26N3/c1-35(2)29-17-9-7-15-25(29)27-21-33-28(20-30(27)35)26-16-8-11-19-32(26)38(33)34-36-31-18-10-6-12-23(31)22-37(34)24-13-4-3-5-14-24/h3-22H,1-2H3/q+1. The maximum Gasteiger partial charge on any atom is 0.409 e. The normalized spacial score (nSPS) is 13.7. The molecule has 2 aromatic heterocycles. The van der Waals surface area contributed by atoms with Gasteiger partial charge in [0.15, 0.2) is 5.52 Å². The average molecular weight is 489 g/mol. The van der Waals surface area contributed by atoms with Crippen LogP contribution in [0.3, 0.4) is 0 Å². The summed E-state index contributed by atoms with van der Waals surface area (Å²) in [4.78, 5) is 5.29. The predicted octanol–water partition coefficient (Wildman–Crippen LogP) is 7.91. The second-order valence-corrected chi connectivity index (χ2v) is 10.7. The van der Waals surface area contributed by atoms with Crippen LogP contribution in [0.1, 0.15) is 25.0 Å².